The van der Waals surface area contributed by atoms with Gasteiger partial charge in [0.1, 0.15) is 0 Å². The molecule has 0 amide bonds. The smallest absolute Gasteiger partial charge is 0.259 e. The fourth-order valence-corrected chi connectivity index (χ4v) is 4.01. The van der Waals surface area contributed by atoms with E-state index in [4.69, 9.17) is 21.9 Å². The zero-order valence-corrected chi connectivity index (χ0v) is 16.2. The van der Waals surface area contributed by atoms with Gasteiger partial charge in [-0.25, -0.2) is 13.1 Å². The highest BCUT2D eigenvalue weighted by molar-refractivity contribution is 7.89. The minimum atomic E-state index is -3.65. The molecule has 1 heterocycles. The van der Waals surface area contributed by atoms with Crippen molar-refractivity contribution in [3.8, 4) is 11.5 Å². The van der Waals surface area contributed by atoms with Crippen LogP contribution in [0.25, 0.3) is 11.5 Å². The van der Waals surface area contributed by atoms with Crippen molar-refractivity contribution in [3.05, 3.63) is 29.0 Å². The van der Waals surface area contributed by atoms with Crippen LogP contribution in [0.5, 0.6) is 0 Å². The number of nitrogens with zero attached hydrogens (tertiary/aromatic N) is 2. The van der Waals surface area contributed by atoms with Crippen molar-refractivity contribution in [2.24, 2.45) is 5.73 Å². The van der Waals surface area contributed by atoms with Gasteiger partial charge in [0.25, 0.3) is 5.89 Å². The van der Waals surface area contributed by atoms with Crippen LogP contribution in [0.15, 0.2) is 27.6 Å². The molecule has 0 radical (unpaired) electrons. The molecule has 138 valence electrons. The number of hydrogen-bond acceptors (Lipinski definition) is 6. The van der Waals surface area contributed by atoms with E-state index >= 15 is 0 Å². The van der Waals surface area contributed by atoms with Crippen molar-refractivity contribution in [3.63, 3.8) is 0 Å². The lowest BCUT2D eigenvalue weighted by atomic mass is 9.77. The normalized spacial score (nSPS) is 16.4. The third kappa shape index (κ3) is 3.98. The van der Waals surface area contributed by atoms with Gasteiger partial charge in [-0.05, 0) is 51.3 Å². The van der Waals surface area contributed by atoms with Crippen molar-refractivity contribution >= 4 is 34.0 Å². The van der Waals surface area contributed by atoms with E-state index in [2.05, 4.69) is 14.9 Å². The number of nitrogens with one attached hydrogen (secondary N) is 1. The van der Waals surface area contributed by atoms with Gasteiger partial charge in [0.2, 0.25) is 10.0 Å². The maximum absolute atomic E-state index is 12.3. The van der Waals surface area contributed by atoms with Crippen LogP contribution >= 0.6 is 24.0 Å². The molecule has 3 rings (SSSR count). The summed E-state index contributed by atoms with van der Waals surface area (Å²) >= 11 is 6.18. The summed E-state index contributed by atoms with van der Waals surface area (Å²) in [5, 5.41) is 4.26. The Kier molecular flexibility index (Phi) is 5.80. The van der Waals surface area contributed by atoms with E-state index in [1.54, 1.807) is 13.8 Å². The summed E-state index contributed by atoms with van der Waals surface area (Å²) in [6.45, 7) is 3.50. The standard InChI is InChI=1S/C15H19ClN4O3S.ClH/c1-9(2)20-24(21,22)10-4-5-12(16)11(8-10)13-18-14(19-23-13)15(17)6-3-7-15;/h4-5,8-9,20H,3,6-7,17H2,1-2H3;1H. The van der Waals surface area contributed by atoms with E-state index in [1.165, 1.54) is 18.2 Å². The highest BCUT2D eigenvalue weighted by atomic mass is 35.5. The summed E-state index contributed by atoms with van der Waals surface area (Å²) in [5.74, 6) is 0.585. The average Bonchev–Trinajstić information content (AvgIpc) is 2.93. The monoisotopic (exact) mass is 406 g/mol. The summed E-state index contributed by atoms with van der Waals surface area (Å²) in [7, 11) is -3.65. The lowest BCUT2D eigenvalue weighted by Crippen LogP contribution is -2.44. The van der Waals surface area contributed by atoms with Crippen LogP contribution in [0.3, 0.4) is 0 Å². The molecule has 0 bridgehead atoms. The van der Waals surface area contributed by atoms with Crippen LogP contribution in [0.1, 0.15) is 38.9 Å². The summed E-state index contributed by atoms with van der Waals surface area (Å²) in [4.78, 5) is 4.40. The van der Waals surface area contributed by atoms with Gasteiger partial charge in [-0.2, -0.15) is 4.98 Å². The Morgan fingerprint density at radius 1 is 1.36 bits per heavy atom. The van der Waals surface area contributed by atoms with Gasteiger partial charge in [-0.3, -0.25) is 0 Å². The van der Waals surface area contributed by atoms with Crippen LogP contribution in [0.4, 0.5) is 0 Å². The quantitative estimate of drug-likeness (QED) is 0.789. The molecule has 2 aromatic rings. The zero-order valence-electron chi connectivity index (χ0n) is 13.8. The molecule has 7 nitrogen and oxygen atoms in total. The second-order valence-electron chi connectivity index (χ2n) is 6.35. The van der Waals surface area contributed by atoms with Gasteiger partial charge >= 0.3 is 0 Å². The first-order valence-electron chi connectivity index (χ1n) is 7.67. The van der Waals surface area contributed by atoms with E-state index in [-0.39, 0.29) is 29.2 Å². The molecule has 1 aromatic carbocycles. The fourth-order valence-electron chi connectivity index (χ4n) is 2.53. The Morgan fingerprint density at radius 3 is 2.60 bits per heavy atom. The predicted molar refractivity (Wildman–Crippen MR) is 97.2 cm³/mol. The van der Waals surface area contributed by atoms with Crippen molar-refractivity contribution < 1.29 is 12.9 Å². The van der Waals surface area contributed by atoms with E-state index in [1.807, 2.05) is 0 Å². The summed E-state index contributed by atoms with van der Waals surface area (Å²) in [6, 6.07) is 4.13. The summed E-state index contributed by atoms with van der Waals surface area (Å²) < 4.78 is 32.4. The number of sulfonamides is 1. The minimum absolute atomic E-state index is 0. The molecule has 1 aromatic heterocycles. The number of hydrogen-bond donors (Lipinski definition) is 2. The van der Waals surface area contributed by atoms with Crippen molar-refractivity contribution in [2.45, 2.75) is 49.6 Å². The highest BCUT2D eigenvalue weighted by Gasteiger charge is 2.39. The van der Waals surface area contributed by atoms with E-state index in [0.717, 1.165) is 19.3 Å². The van der Waals surface area contributed by atoms with Crippen molar-refractivity contribution in [1.82, 2.24) is 14.9 Å². The first-order chi connectivity index (χ1) is 11.2. The Balaban J connectivity index is 0.00000225. The zero-order chi connectivity index (χ0) is 17.5. The van der Waals surface area contributed by atoms with Crippen LogP contribution in [-0.2, 0) is 15.6 Å². The predicted octanol–water partition coefficient (Wildman–Crippen LogP) is 2.84. The molecule has 0 saturated heterocycles. The van der Waals surface area contributed by atoms with Crippen molar-refractivity contribution in [1.29, 1.82) is 0 Å². The first-order valence-corrected chi connectivity index (χ1v) is 9.53. The molecule has 0 unspecified atom stereocenters. The molecular formula is C15H20Cl2N4O3S. The summed E-state index contributed by atoms with van der Waals surface area (Å²) in [6.07, 6.45) is 2.62. The summed E-state index contributed by atoms with van der Waals surface area (Å²) in [5.41, 5.74) is 5.99. The minimum Gasteiger partial charge on any atom is -0.334 e. The third-order valence-electron chi connectivity index (χ3n) is 3.99. The second kappa shape index (κ2) is 7.20. The van der Waals surface area contributed by atoms with Gasteiger partial charge in [-0.15, -0.1) is 12.4 Å². The van der Waals surface area contributed by atoms with Gasteiger partial charge in [0.05, 0.1) is 21.0 Å². The van der Waals surface area contributed by atoms with Gasteiger partial charge in [0.15, 0.2) is 5.82 Å². The SMILES string of the molecule is CC(C)NS(=O)(=O)c1ccc(Cl)c(-c2nc(C3(N)CCC3)no2)c1.Cl. The Hall–Kier alpha value is -1.19. The highest BCUT2D eigenvalue weighted by Crippen LogP contribution is 2.38. The van der Waals surface area contributed by atoms with Crippen LogP contribution in [0.2, 0.25) is 5.02 Å². The Labute approximate surface area is 157 Å². The fraction of sp³-hybridized carbons (Fsp3) is 0.467. The third-order valence-corrected chi connectivity index (χ3v) is 5.97. The number of aromatic nitrogens is 2. The molecule has 1 saturated carbocycles. The molecule has 1 fully saturated rings. The molecule has 25 heavy (non-hydrogen) atoms. The average molecular weight is 407 g/mol. The molecule has 1 aliphatic rings. The topological polar surface area (TPSA) is 111 Å². The van der Waals surface area contributed by atoms with Crippen LogP contribution in [-0.4, -0.2) is 24.6 Å². The molecular weight excluding hydrogens is 387 g/mol. The maximum atomic E-state index is 12.3. The van der Waals surface area contributed by atoms with Gasteiger partial charge in [0, 0.05) is 6.04 Å². The van der Waals surface area contributed by atoms with Gasteiger partial charge < -0.3 is 10.3 Å². The molecule has 10 heteroatoms. The van der Waals surface area contributed by atoms with E-state index in [9.17, 15) is 8.42 Å². The van der Waals surface area contributed by atoms with Crippen molar-refractivity contribution in [2.75, 3.05) is 0 Å². The second-order valence-corrected chi connectivity index (χ2v) is 8.47. The van der Waals surface area contributed by atoms with Crippen LogP contribution < -0.4 is 10.5 Å². The Bertz CT molecular complexity index is 863. The number of halogens is 2. The van der Waals surface area contributed by atoms with Crippen LogP contribution in [0, 0.1) is 0 Å². The number of benzene rings is 1. The lowest BCUT2D eigenvalue weighted by molar-refractivity contribution is 0.229. The van der Waals surface area contributed by atoms with Gasteiger partial charge in [-0.1, -0.05) is 16.8 Å². The number of nitrogens with two attached hydrogens (primary N) is 1. The molecule has 0 aliphatic heterocycles. The molecule has 0 atom stereocenters. The van der Waals surface area contributed by atoms with E-state index < -0.39 is 15.6 Å². The Morgan fingerprint density at radius 2 is 2.04 bits per heavy atom. The first kappa shape index (κ1) is 20.1. The largest absolute Gasteiger partial charge is 0.334 e. The molecule has 1 aliphatic carbocycles. The lowest BCUT2D eigenvalue weighted by Gasteiger charge is -2.34. The maximum Gasteiger partial charge on any atom is 0.259 e. The number of rotatable bonds is 5. The molecule has 0 spiro atoms. The van der Waals surface area contributed by atoms with E-state index in [0.29, 0.717) is 16.4 Å². The molecule has 3 N–H and O–H groups in total.